The van der Waals surface area contributed by atoms with Crippen LogP contribution < -0.4 is 10.6 Å². The molecule has 0 aliphatic carbocycles. The maximum Gasteiger partial charge on any atom is 0.341 e. The van der Waals surface area contributed by atoms with Gasteiger partial charge in [0.1, 0.15) is 50.6 Å². The zero-order valence-electron chi connectivity index (χ0n) is 21.7. The molecule has 2 amide bonds. The second kappa shape index (κ2) is 12.1. The first-order valence-electron chi connectivity index (χ1n) is 12.0. The van der Waals surface area contributed by atoms with Gasteiger partial charge in [-0.15, -0.1) is 22.7 Å². The molecular weight excluding hydrogens is 544 g/mol. The van der Waals surface area contributed by atoms with Crippen molar-refractivity contribution >= 4 is 56.4 Å². The second-order valence-corrected chi connectivity index (χ2v) is 10.0. The number of hydrogen-bond donors (Lipinski definition) is 2. The lowest BCUT2D eigenvalue weighted by molar-refractivity contribution is -0.123. The molecule has 4 heterocycles. The van der Waals surface area contributed by atoms with E-state index in [0.717, 1.165) is 22.7 Å². The molecule has 4 aromatic rings. The minimum atomic E-state index is -0.654. The van der Waals surface area contributed by atoms with Crippen LogP contribution in [0.5, 0.6) is 0 Å². The fraction of sp³-hybridized carbons (Fsp3) is 0.259. The van der Waals surface area contributed by atoms with Crippen molar-refractivity contribution in [3.05, 3.63) is 57.7 Å². The molecular formula is C27H26N2O8S2. The third-order valence-corrected chi connectivity index (χ3v) is 7.17. The Kier molecular flexibility index (Phi) is 8.67. The number of rotatable bonds is 10. The summed E-state index contributed by atoms with van der Waals surface area (Å²) in [5, 5.41) is 9.07. The highest BCUT2D eigenvalue weighted by Crippen LogP contribution is 2.38. The first-order chi connectivity index (χ1) is 18.7. The molecule has 0 unspecified atom stereocenters. The number of nitrogens with one attached hydrogen (secondary N) is 2. The van der Waals surface area contributed by atoms with E-state index < -0.39 is 30.2 Å². The first-order valence-corrected chi connectivity index (χ1v) is 13.8. The quantitative estimate of drug-likeness (QED) is 0.168. The van der Waals surface area contributed by atoms with Crippen molar-refractivity contribution in [1.29, 1.82) is 0 Å². The summed E-state index contributed by atoms with van der Waals surface area (Å²) in [6.07, 6.45) is -0.565. The minimum absolute atomic E-state index is 0.143. The zero-order chi connectivity index (χ0) is 28.1. The number of thiophene rings is 2. The normalized spacial score (nSPS) is 10.8. The largest absolute Gasteiger partial charge is 0.462 e. The highest BCUT2D eigenvalue weighted by atomic mass is 32.1. The molecule has 0 aliphatic heterocycles. The zero-order valence-corrected chi connectivity index (χ0v) is 23.3. The van der Waals surface area contributed by atoms with Crippen molar-refractivity contribution < 1.29 is 37.5 Å². The Morgan fingerprint density at radius 2 is 1.13 bits per heavy atom. The predicted octanol–water partition coefficient (Wildman–Crippen LogP) is 6.27. The monoisotopic (exact) mass is 570 g/mol. The van der Waals surface area contributed by atoms with Crippen molar-refractivity contribution in [3.8, 4) is 22.6 Å². The highest BCUT2D eigenvalue weighted by Gasteiger charge is 2.27. The lowest BCUT2D eigenvalue weighted by Crippen LogP contribution is -2.22. The fourth-order valence-electron chi connectivity index (χ4n) is 3.72. The van der Waals surface area contributed by atoms with E-state index in [0.29, 0.717) is 34.2 Å². The number of amides is 2. The lowest BCUT2D eigenvalue weighted by atomic mass is 10.1. The fourth-order valence-corrected chi connectivity index (χ4v) is 5.63. The molecule has 0 fully saturated rings. The number of ether oxygens (including phenoxy) is 2. The minimum Gasteiger partial charge on any atom is -0.462 e. The van der Waals surface area contributed by atoms with Crippen LogP contribution in [0.15, 0.2) is 43.9 Å². The molecule has 4 aromatic heterocycles. The molecule has 0 saturated carbocycles. The van der Waals surface area contributed by atoms with Crippen LogP contribution in [-0.2, 0) is 19.1 Å². The Labute approximate surface area is 231 Å². The van der Waals surface area contributed by atoms with Gasteiger partial charge >= 0.3 is 11.9 Å². The molecule has 0 radical (unpaired) electrons. The third-order valence-electron chi connectivity index (χ3n) is 5.38. The average Bonchev–Trinajstić information content (AvgIpc) is 3.66. The van der Waals surface area contributed by atoms with Gasteiger partial charge in [-0.1, -0.05) is 0 Å². The lowest BCUT2D eigenvalue weighted by Gasteiger charge is -2.09. The van der Waals surface area contributed by atoms with Crippen LogP contribution in [0.3, 0.4) is 0 Å². The first kappa shape index (κ1) is 27.9. The van der Waals surface area contributed by atoms with Crippen LogP contribution in [0, 0.1) is 13.8 Å². The van der Waals surface area contributed by atoms with Gasteiger partial charge in [-0.05, 0) is 52.0 Å². The van der Waals surface area contributed by atoms with E-state index in [-0.39, 0.29) is 34.3 Å². The molecule has 39 heavy (non-hydrogen) atoms. The average molecular weight is 571 g/mol. The molecule has 204 valence electrons. The number of hydrogen-bond acceptors (Lipinski definition) is 10. The van der Waals surface area contributed by atoms with Crippen LogP contribution in [0.4, 0.5) is 10.0 Å². The van der Waals surface area contributed by atoms with Crippen LogP contribution in [0.25, 0.3) is 22.6 Å². The Balaban J connectivity index is 1.51. The van der Waals surface area contributed by atoms with E-state index in [4.69, 9.17) is 18.3 Å². The number of furan rings is 2. The summed E-state index contributed by atoms with van der Waals surface area (Å²) in [5.74, 6) is -0.324. The topological polar surface area (TPSA) is 137 Å². The molecule has 4 rings (SSSR count). The van der Waals surface area contributed by atoms with Crippen molar-refractivity contribution in [2.75, 3.05) is 23.8 Å². The summed E-state index contributed by atoms with van der Waals surface area (Å²) in [5.41, 5.74) is 1.24. The maximum absolute atomic E-state index is 12.8. The number of esters is 2. The van der Waals surface area contributed by atoms with E-state index in [1.54, 1.807) is 62.7 Å². The van der Waals surface area contributed by atoms with Crippen LogP contribution in [0.2, 0.25) is 0 Å². The number of aryl methyl sites for hydroxylation is 2. The Morgan fingerprint density at radius 3 is 1.46 bits per heavy atom. The van der Waals surface area contributed by atoms with Crippen LogP contribution in [0.1, 0.15) is 52.5 Å². The van der Waals surface area contributed by atoms with Gasteiger partial charge in [0.15, 0.2) is 0 Å². The van der Waals surface area contributed by atoms with Gasteiger partial charge < -0.3 is 28.9 Å². The van der Waals surface area contributed by atoms with Crippen molar-refractivity contribution in [3.63, 3.8) is 0 Å². The third kappa shape index (κ3) is 6.29. The van der Waals surface area contributed by atoms with Gasteiger partial charge in [0.25, 0.3) is 0 Å². The number of carbonyl (C=O) groups is 4. The Morgan fingerprint density at radius 1 is 0.718 bits per heavy atom. The summed E-state index contributed by atoms with van der Waals surface area (Å²) in [7, 11) is 0. The molecule has 0 spiro atoms. The molecule has 0 bridgehead atoms. The van der Waals surface area contributed by atoms with Crippen LogP contribution in [-0.4, -0.2) is 37.0 Å². The van der Waals surface area contributed by atoms with Crippen molar-refractivity contribution in [2.45, 2.75) is 34.1 Å². The molecule has 12 heteroatoms. The molecule has 10 nitrogen and oxygen atoms in total. The summed E-state index contributed by atoms with van der Waals surface area (Å²) in [6.45, 7) is 7.20. The van der Waals surface area contributed by atoms with E-state index in [1.165, 1.54) is 0 Å². The molecule has 0 atom stereocenters. The molecule has 0 aromatic carbocycles. The number of anilines is 2. The van der Waals surface area contributed by atoms with Gasteiger partial charge in [-0.3, -0.25) is 9.59 Å². The summed E-state index contributed by atoms with van der Waals surface area (Å²) >= 11 is 2.23. The molecule has 2 N–H and O–H groups in total. The van der Waals surface area contributed by atoms with Gasteiger partial charge in [0.05, 0.1) is 13.2 Å². The predicted molar refractivity (Wildman–Crippen MR) is 147 cm³/mol. The second-order valence-electron chi connectivity index (χ2n) is 8.24. The smallest absolute Gasteiger partial charge is 0.341 e. The molecule has 0 aliphatic rings. The Bertz CT molecular complexity index is 1410. The van der Waals surface area contributed by atoms with Gasteiger partial charge in [-0.2, -0.15) is 0 Å². The summed E-state index contributed by atoms with van der Waals surface area (Å²) in [6, 6.07) is 6.97. The maximum atomic E-state index is 12.8. The van der Waals surface area contributed by atoms with Gasteiger partial charge in [0, 0.05) is 21.9 Å². The summed E-state index contributed by atoms with van der Waals surface area (Å²) in [4.78, 5) is 51.0. The SMILES string of the molecule is CCOC(=O)c1c(-c2ccc(C)o2)csc1NC(=O)CC(=O)Nc1scc(-c2ccc(C)o2)c1C(=O)OCC. The summed E-state index contributed by atoms with van der Waals surface area (Å²) < 4.78 is 21.7. The van der Waals surface area contributed by atoms with E-state index in [9.17, 15) is 19.2 Å². The van der Waals surface area contributed by atoms with Gasteiger partial charge in [-0.25, -0.2) is 9.59 Å². The van der Waals surface area contributed by atoms with Crippen molar-refractivity contribution in [2.24, 2.45) is 0 Å². The van der Waals surface area contributed by atoms with E-state index >= 15 is 0 Å². The van der Waals surface area contributed by atoms with Crippen LogP contribution >= 0.6 is 22.7 Å². The Hall–Kier alpha value is -4.16. The molecule has 0 saturated heterocycles. The van der Waals surface area contributed by atoms with E-state index in [2.05, 4.69) is 10.6 Å². The number of carbonyl (C=O) groups excluding carboxylic acids is 4. The van der Waals surface area contributed by atoms with Gasteiger partial charge in [0.2, 0.25) is 11.8 Å². The van der Waals surface area contributed by atoms with E-state index in [1.807, 2.05) is 0 Å². The standard InChI is InChI=1S/C27H26N2O8S2/c1-5-34-26(32)22-16(18-9-7-14(3)36-18)12-38-24(22)28-20(30)11-21(31)29-25-23(27(33)35-6-2)17(13-39-25)19-10-8-15(4)37-19/h7-10,12-13H,5-6,11H2,1-4H3,(H,28,30)(H,29,31). The highest BCUT2D eigenvalue weighted by molar-refractivity contribution is 7.15. The van der Waals surface area contributed by atoms with Crippen molar-refractivity contribution in [1.82, 2.24) is 0 Å².